The lowest BCUT2D eigenvalue weighted by atomic mass is 9.99. The molecule has 1 saturated heterocycles. The summed E-state index contributed by atoms with van der Waals surface area (Å²) in [6.07, 6.45) is 4.69. The fraction of sp³-hybridized carbons (Fsp3) is 0.571. The summed E-state index contributed by atoms with van der Waals surface area (Å²) in [5.41, 5.74) is 1.43. The topological polar surface area (TPSA) is 58.3 Å². The second kappa shape index (κ2) is 11.4. The van der Waals surface area contributed by atoms with Crippen LogP contribution < -0.4 is 5.32 Å². The van der Waals surface area contributed by atoms with Crippen molar-refractivity contribution in [2.75, 3.05) is 19.6 Å². The van der Waals surface area contributed by atoms with Gasteiger partial charge in [-0.05, 0) is 37.7 Å². The first-order valence-electron chi connectivity index (χ1n) is 10.1. The number of nitrogens with zero attached hydrogens (tertiary/aromatic N) is 5. The summed E-state index contributed by atoms with van der Waals surface area (Å²) in [7, 11) is 2.00. The number of aromatic nitrogens is 3. The minimum Gasteiger partial charge on any atom is -0.356 e. The summed E-state index contributed by atoms with van der Waals surface area (Å²) < 4.78 is 2.01. The van der Waals surface area contributed by atoms with Crippen LogP contribution in [0.1, 0.15) is 43.4 Å². The van der Waals surface area contributed by atoms with E-state index in [0.29, 0.717) is 12.5 Å². The third-order valence-corrected chi connectivity index (χ3v) is 5.32. The molecular formula is C21H33IN6. The Morgan fingerprint density at radius 1 is 1.25 bits per heavy atom. The van der Waals surface area contributed by atoms with E-state index >= 15 is 0 Å². The number of hydrogen-bond acceptors (Lipinski definition) is 3. The number of guanidine groups is 1. The monoisotopic (exact) mass is 496 g/mol. The van der Waals surface area contributed by atoms with Crippen molar-refractivity contribution in [3.8, 4) is 0 Å². The summed E-state index contributed by atoms with van der Waals surface area (Å²) >= 11 is 0. The number of unbranched alkanes of at least 4 members (excludes halogenated alkanes) is 1. The molecule has 1 aliphatic heterocycles. The van der Waals surface area contributed by atoms with Crippen LogP contribution in [0.3, 0.4) is 0 Å². The van der Waals surface area contributed by atoms with Gasteiger partial charge < -0.3 is 14.8 Å². The van der Waals surface area contributed by atoms with Crippen LogP contribution in [0.4, 0.5) is 0 Å². The van der Waals surface area contributed by atoms with Gasteiger partial charge in [0.1, 0.15) is 12.4 Å². The van der Waals surface area contributed by atoms with Gasteiger partial charge in [0, 0.05) is 26.7 Å². The molecule has 3 rings (SSSR count). The first-order valence-corrected chi connectivity index (χ1v) is 10.1. The Kier molecular flexibility index (Phi) is 9.21. The highest BCUT2D eigenvalue weighted by Gasteiger charge is 2.25. The zero-order chi connectivity index (χ0) is 19.1. The van der Waals surface area contributed by atoms with Gasteiger partial charge in [-0.15, -0.1) is 34.2 Å². The maximum Gasteiger partial charge on any atom is 0.194 e. The molecule has 0 saturated carbocycles. The predicted molar refractivity (Wildman–Crippen MR) is 125 cm³/mol. The van der Waals surface area contributed by atoms with Crippen molar-refractivity contribution in [1.82, 2.24) is 25.0 Å². The number of aryl methyl sites for hydroxylation is 1. The number of nitrogens with one attached hydrogen (secondary N) is 1. The van der Waals surface area contributed by atoms with Gasteiger partial charge in [0.05, 0.1) is 0 Å². The molecule has 1 unspecified atom stereocenters. The molecule has 1 aromatic heterocycles. The largest absolute Gasteiger partial charge is 0.356 e. The van der Waals surface area contributed by atoms with E-state index in [1.165, 1.54) is 18.4 Å². The Labute approximate surface area is 185 Å². The van der Waals surface area contributed by atoms with Crippen molar-refractivity contribution in [2.45, 2.75) is 46.1 Å². The second-order valence-electron chi connectivity index (χ2n) is 7.43. The maximum absolute atomic E-state index is 4.87. The molecule has 0 bridgehead atoms. The summed E-state index contributed by atoms with van der Waals surface area (Å²) in [5.74, 6) is 3.52. The van der Waals surface area contributed by atoms with E-state index in [-0.39, 0.29) is 24.0 Å². The molecule has 28 heavy (non-hydrogen) atoms. The van der Waals surface area contributed by atoms with Crippen LogP contribution >= 0.6 is 24.0 Å². The SMILES string of the molecule is CCCCNC(=NCc1nnc(C)n1C)N1CCC(Cc2ccccc2)C1.I. The molecule has 1 fully saturated rings. The van der Waals surface area contributed by atoms with E-state index in [0.717, 1.165) is 50.1 Å². The lowest BCUT2D eigenvalue weighted by Gasteiger charge is -2.22. The standard InChI is InChI=1S/C21H32N6.HI/c1-4-5-12-22-21(23-15-20-25-24-17(2)26(20)3)27-13-11-19(16-27)14-18-9-7-6-8-10-18;/h6-10,19H,4-5,11-16H2,1-3H3,(H,22,23);1H. The zero-order valence-corrected chi connectivity index (χ0v) is 19.6. The summed E-state index contributed by atoms with van der Waals surface area (Å²) in [4.78, 5) is 7.28. The van der Waals surface area contributed by atoms with Crippen molar-refractivity contribution in [2.24, 2.45) is 18.0 Å². The Hall–Kier alpha value is -1.64. The van der Waals surface area contributed by atoms with Crippen LogP contribution in [0.25, 0.3) is 0 Å². The summed E-state index contributed by atoms with van der Waals surface area (Å²) in [6, 6.07) is 10.8. The van der Waals surface area contributed by atoms with Crippen molar-refractivity contribution in [3.05, 3.63) is 47.5 Å². The van der Waals surface area contributed by atoms with Crippen LogP contribution in [0.2, 0.25) is 0 Å². The van der Waals surface area contributed by atoms with Crippen molar-refractivity contribution < 1.29 is 0 Å². The lowest BCUT2D eigenvalue weighted by molar-refractivity contribution is 0.457. The van der Waals surface area contributed by atoms with Crippen molar-refractivity contribution in [3.63, 3.8) is 0 Å². The average molecular weight is 496 g/mol. The number of benzene rings is 1. The number of hydrogen-bond donors (Lipinski definition) is 1. The molecular weight excluding hydrogens is 463 g/mol. The molecule has 1 aromatic carbocycles. The number of halogens is 1. The average Bonchev–Trinajstić information content (AvgIpc) is 3.27. The van der Waals surface area contributed by atoms with Crippen LogP contribution in [0.15, 0.2) is 35.3 Å². The highest BCUT2D eigenvalue weighted by atomic mass is 127. The third kappa shape index (κ3) is 6.18. The van der Waals surface area contributed by atoms with Crippen LogP contribution in [-0.4, -0.2) is 45.3 Å². The van der Waals surface area contributed by atoms with Crippen LogP contribution in [0.5, 0.6) is 0 Å². The highest BCUT2D eigenvalue weighted by Crippen LogP contribution is 2.21. The maximum atomic E-state index is 4.87. The van der Waals surface area contributed by atoms with Gasteiger partial charge in [0.25, 0.3) is 0 Å². The quantitative estimate of drug-likeness (QED) is 0.276. The minimum absolute atomic E-state index is 0. The first-order chi connectivity index (χ1) is 13.2. The molecule has 1 aliphatic rings. The van der Waals surface area contributed by atoms with Crippen LogP contribution in [0, 0.1) is 12.8 Å². The predicted octanol–water partition coefficient (Wildman–Crippen LogP) is 3.55. The van der Waals surface area contributed by atoms with E-state index < -0.39 is 0 Å². The van der Waals surface area contributed by atoms with Crippen molar-refractivity contribution in [1.29, 1.82) is 0 Å². The van der Waals surface area contributed by atoms with Crippen LogP contribution in [-0.2, 0) is 20.0 Å². The van der Waals surface area contributed by atoms with E-state index in [1.54, 1.807) is 0 Å². The molecule has 154 valence electrons. The number of likely N-dealkylation sites (tertiary alicyclic amines) is 1. The van der Waals surface area contributed by atoms with Gasteiger partial charge in [-0.25, -0.2) is 4.99 Å². The molecule has 0 spiro atoms. The van der Waals surface area contributed by atoms with Crippen molar-refractivity contribution >= 4 is 29.9 Å². The van der Waals surface area contributed by atoms with E-state index in [4.69, 9.17) is 4.99 Å². The summed E-state index contributed by atoms with van der Waals surface area (Å²) in [6.45, 7) is 7.83. The Balaban J connectivity index is 0.00000280. The van der Waals surface area contributed by atoms with Gasteiger partial charge in [-0.1, -0.05) is 43.7 Å². The normalized spacial score (nSPS) is 16.9. The fourth-order valence-corrected chi connectivity index (χ4v) is 3.52. The Bertz CT molecular complexity index is 743. The Morgan fingerprint density at radius 2 is 2.04 bits per heavy atom. The number of aliphatic imine (C=N–C) groups is 1. The Morgan fingerprint density at radius 3 is 2.71 bits per heavy atom. The third-order valence-electron chi connectivity index (χ3n) is 5.32. The zero-order valence-electron chi connectivity index (χ0n) is 17.3. The molecule has 0 aliphatic carbocycles. The number of rotatable bonds is 7. The van der Waals surface area contributed by atoms with Gasteiger partial charge in [-0.2, -0.15) is 0 Å². The molecule has 0 radical (unpaired) electrons. The first kappa shape index (κ1) is 22.6. The smallest absolute Gasteiger partial charge is 0.194 e. The van der Waals surface area contributed by atoms with Gasteiger partial charge in [0.15, 0.2) is 11.8 Å². The lowest BCUT2D eigenvalue weighted by Crippen LogP contribution is -2.40. The van der Waals surface area contributed by atoms with E-state index in [1.807, 2.05) is 18.5 Å². The second-order valence-corrected chi connectivity index (χ2v) is 7.43. The van der Waals surface area contributed by atoms with Gasteiger partial charge in [-0.3, -0.25) is 0 Å². The van der Waals surface area contributed by atoms with Gasteiger partial charge in [0.2, 0.25) is 0 Å². The highest BCUT2D eigenvalue weighted by molar-refractivity contribution is 14.0. The minimum atomic E-state index is 0. The molecule has 2 aromatic rings. The molecule has 7 heteroatoms. The summed E-state index contributed by atoms with van der Waals surface area (Å²) in [5, 5.41) is 11.9. The van der Waals surface area contributed by atoms with E-state index in [9.17, 15) is 0 Å². The molecule has 2 heterocycles. The fourth-order valence-electron chi connectivity index (χ4n) is 3.52. The molecule has 6 nitrogen and oxygen atoms in total. The van der Waals surface area contributed by atoms with Gasteiger partial charge >= 0.3 is 0 Å². The molecule has 1 N–H and O–H groups in total. The van der Waals surface area contributed by atoms with E-state index in [2.05, 4.69) is 57.7 Å². The molecule has 0 amide bonds. The molecule has 1 atom stereocenters.